The first-order valence-corrected chi connectivity index (χ1v) is 6.62. The molecule has 2 heterocycles. The van der Waals surface area contributed by atoms with Crippen LogP contribution < -0.4 is 4.90 Å². The summed E-state index contributed by atoms with van der Waals surface area (Å²) in [6, 6.07) is 18.6. The Labute approximate surface area is 110 Å². The molecule has 0 aliphatic rings. The molecule has 18 heavy (non-hydrogen) atoms. The Balaban J connectivity index is 2.11. The molecule has 0 atom stereocenters. The third-order valence-electron chi connectivity index (χ3n) is 2.66. The number of hydrogen-bond acceptors (Lipinski definition) is 3. The van der Waals surface area contributed by atoms with E-state index in [9.17, 15) is 0 Å². The average molecular weight is 252 g/mol. The van der Waals surface area contributed by atoms with Crippen LogP contribution in [0.1, 0.15) is 0 Å². The molecule has 88 valence electrons. The fraction of sp³-hybridized carbons (Fsp3) is 0. The van der Waals surface area contributed by atoms with E-state index in [1.54, 1.807) is 11.3 Å². The Kier molecular flexibility index (Phi) is 3.07. The number of pyridine rings is 1. The van der Waals surface area contributed by atoms with Crippen LogP contribution in [0.5, 0.6) is 0 Å². The lowest BCUT2D eigenvalue weighted by Crippen LogP contribution is -2.07. The van der Waals surface area contributed by atoms with E-state index in [0.29, 0.717) is 0 Å². The monoisotopic (exact) mass is 252 g/mol. The Morgan fingerprint density at radius 3 is 2.17 bits per heavy atom. The van der Waals surface area contributed by atoms with Crippen LogP contribution in [0.3, 0.4) is 0 Å². The van der Waals surface area contributed by atoms with Crippen molar-refractivity contribution in [1.29, 1.82) is 0 Å². The molecule has 0 radical (unpaired) electrons. The molecule has 3 heteroatoms. The van der Waals surface area contributed by atoms with E-state index in [-0.39, 0.29) is 0 Å². The average Bonchev–Trinajstić information content (AvgIpc) is 2.95. The molecule has 0 bridgehead atoms. The molecule has 3 aromatic rings. The van der Waals surface area contributed by atoms with E-state index in [2.05, 4.69) is 51.7 Å². The van der Waals surface area contributed by atoms with Crippen molar-refractivity contribution in [2.45, 2.75) is 0 Å². The van der Waals surface area contributed by atoms with Gasteiger partial charge in [-0.1, -0.05) is 18.2 Å². The Bertz CT molecular complexity index is 551. The summed E-state index contributed by atoms with van der Waals surface area (Å²) < 4.78 is 0. The molecule has 0 unspecified atom stereocenters. The van der Waals surface area contributed by atoms with Crippen LogP contribution in [0.25, 0.3) is 0 Å². The summed E-state index contributed by atoms with van der Waals surface area (Å²) in [5.74, 6) is 0. The summed E-state index contributed by atoms with van der Waals surface area (Å²) in [4.78, 5) is 6.31. The molecule has 0 saturated heterocycles. The van der Waals surface area contributed by atoms with E-state index < -0.39 is 0 Å². The number of rotatable bonds is 3. The number of anilines is 3. The van der Waals surface area contributed by atoms with Crippen molar-refractivity contribution in [1.82, 2.24) is 4.98 Å². The van der Waals surface area contributed by atoms with Gasteiger partial charge in [0.15, 0.2) is 0 Å². The van der Waals surface area contributed by atoms with Crippen LogP contribution in [-0.4, -0.2) is 4.98 Å². The predicted molar refractivity (Wildman–Crippen MR) is 76.8 cm³/mol. The van der Waals surface area contributed by atoms with Crippen molar-refractivity contribution < 1.29 is 0 Å². The van der Waals surface area contributed by atoms with Crippen LogP contribution >= 0.6 is 11.3 Å². The van der Waals surface area contributed by atoms with Gasteiger partial charge < -0.3 is 4.90 Å². The van der Waals surface area contributed by atoms with Crippen LogP contribution in [0.2, 0.25) is 0 Å². The normalized spacial score (nSPS) is 10.2. The largest absolute Gasteiger partial charge is 0.302 e. The van der Waals surface area contributed by atoms with Crippen LogP contribution in [0.4, 0.5) is 16.4 Å². The lowest BCUT2D eigenvalue weighted by atomic mass is 10.2. The zero-order chi connectivity index (χ0) is 12.2. The molecule has 1 aromatic carbocycles. The zero-order valence-electron chi connectivity index (χ0n) is 9.73. The fourth-order valence-corrected chi connectivity index (χ4v) is 2.64. The van der Waals surface area contributed by atoms with E-state index in [1.807, 2.05) is 30.6 Å². The van der Waals surface area contributed by atoms with Gasteiger partial charge in [-0.3, -0.25) is 4.98 Å². The molecule has 0 fully saturated rings. The van der Waals surface area contributed by atoms with Crippen molar-refractivity contribution in [3.05, 3.63) is 72.4 Å². The van der Waals surface area contributed by atoms with E-state index in [1.165, 1.54) is 5.00 Å². The van der Waals surface area contributed by atoms with E-state index >= 15 is 0 Å². The number of benzene rings is 1. The quantitative estimate of drug-likeness (QED) is 0.676. The second-order valence-electron chi connectivity index (χ2n) is 3.83. The lowest BCUT2D eigenvalue weighted by molar-refractivity contribution is 1.26. The molecule has 0 aliphatic heterocycles. The first-order chi connectivity index (χ1) is 8.95. The van der Waals surface area contributed by atoms with E-state index in [4.69, 9.17) is 0 Å². The van der Waals surface area contributed by atoms with Crippen molar-refractivity contribution in [3.63, 3.8) is 0 Å². The molecule has 0 aliphatic carbocycles. The summed E-state index contributed by atoms with van der Waals surface area (Å²) in [7, 11) is 0. The summed E-state index contributed by atoms with van der Waals surface area (Å²) in [6.07, 6.45) is 3.64. The lowest BCUT2D eigenvalue weighted by Gasteiger charge is -2.23. The minimum Gasteiger partial charge on any atom is -0.302 e. The van der Waals surface area contributed by atoms with Crippen molar-refractivity contribution in [3.8, 4) is 0 Å². The summed E-state index contributed by atoms with van der Waals surface area (Å²) in [5, 5.41) is 3.29. The maximum absolute atomic E-state index is 4.08. The number of nitrogens with zero attached hydrogens (tertiary/aromatic N) is 2. The standard InChI is InChI=1S/C15H12N2S/c1-2-5-13(6-3-1)17(15-7-4-12-18-15)14-8-10-16-11-9-14/h1-12H. The summed E-state index contributed by atoms with van der Waals surface area (Å²) in [6.45, 7) is 0. The predicted octanol–water partition coefficient (Wildman–Crippen LogP) is 4.61. The van der Waals surface area contributed by atoms with Gasteiger partial charge in [0, 0.05) is 23.8 Å². The fourth-order valence-electron chi connectivity index (χ4n) is 1.87. The number of para-hydroxylation sites is 1. The minimum absolute atomic E-state index is 1.12. The molecule has 0 spiro atoms. The first-order valence-electron chi connectivity index (χ1n) is 5.74. The van der Waals surface area contributed by atoms with Gasteiger partial charge in [-0.05, 0) is 41.8 Å². The van der Waals surface area contributed by atoms with Gasteiger partial charge in [0.1, 0.15) is 0 Å². The van der Waals surface area contributed by atoms with Crippen molar-refractivity contribution in [2.24, 2.45) is 0 Å². The van der Waals surface area contributed by atoms with Gasteiger partial charge in [-0.15, -0.1) is 11.3 Å². The second-order valence-corrected chi connectivity index (χ2v) is 4.75. The molecule has 0 saturated carbocycles. The third kappa shape index (κ3) is 2.13. The maximum atomic E-state index is 4.08. The zero-order valence-corrected chi connectivity index (χ0v) is 10.5. The molecule has 0 amide bonds. The Morgan fingerprint density at radius 1 is 0.778 bits per heavy atom. The molecular formula is C15H12N2S. The minimum atomic E-state index is 1.12. The second kappa shape index (κ2) is 5.02. The van der Waals surface area contributed by atoms with Gasteiger partial charge >= 0.3 is 0 Å². The van der Waals surface area contributed by atoms with Crippen LogP contribution in [0, 0.1) is 0 Å². The number of aromatic nitrogens is 1. The maximum Gasteiger partial charge on any atom is 0.0999 e. The Morgan fingerprint density at radius 2 is 1.50 bits per heavy atom. The highest BCUT2D eigenvalue weighted by atomic mass is 32.1. The first kappa shape index (κ1) is 11.0. The van der Waals surface area contributed by atoms with Gasteiger partial charge in [-0.25, -0.2) is 0 Å². The van der Waals surface area contributed by atoms with Gasteiger partial charge in [0.2, 0.25) is 0 Å². The van der Waals surface area contributed by atoms with Gasteiger partial charge in [-0.2, -0.15) is 0 Å². The number of thiophene rings is 1. The molecule has 3 rings (SSSR count). The Hall–Kier alpha value is -2.13. The summed E-state index contributed by atoms with van der Waals surface area (Å²) in [5.41, 5.74) is 2.28. The van der Waals surface area contributed by atoms with Crippen LogP contribution in [0.15, 0.2) is 72.4 Å². The highest BCUT2D eigenvalue weighted by Gasteiger charge is 2.11. The van der Waals surface area contributed by atoms with Gasteiger partial charge in [0.05, 0.1) is 5.00 Å². The highest BCUT2D eigenvalue weighted by molar-refractivity contribution is 7.14. The SMILES string of the molecule is c1ccc(N(c2ccncc2)c2cccs2)cc1. The molecular weight excluding hydrogens is 240 g/mol. The molecule has 2 aromatic heterocycles. The molecule has 0 N–H and O–H groups in total. The topological polar surface area (TPSA) is 16.1 Å². The van der Waals surface area contributed by atoms with Crippen molar-refractivity contribution in [2.75, 3.05) is 4.90 Å². The summed E-state index contributed by atoms with van der Waals surface area (Å²) >= 11 is 1.73. The van der Waals surface area contributed by atoms with Gasteiger partial charge in [0.25, 0.3) is 0 Å². The molecule has 2 nitrogen and oxygen atoms in total. The van der Waals surface area contributed by atoms with Crippen LogP contribution in [-0.2, 0) is 0 Å². The van der Waals surface area contributed by atoms with E-state index in [0.717, 1.165) is 11.4 Å². The highest BCUT2D eigenvalue weighted by Crippen LogP contribution is 2.36. The number of hydrogen-bond donors (Lipinski definition) is 0. The smallest absolute Gasteiger partial charge is 0.0999 e. The van der Waals surface area contributed by atoms with Crippen molar-refractivity contribution >= 4 is 27.7 Å². The third-order valence-corrected chi connectivity index (χ3v) is 3.52.